The van der Waals surface area contributed by atoms with Crippen molar-refractivity contribution in [2.75, 3.05) is 7.11 Å². The predicted octanol–water partition coefficient (Wildman–Crippen LogP) is 8.51. The number of halogens is 3. The Bertz CT molecular complexity index is 1360. The number of hydrogen-bond donors (Lipinski definition) is 0. The zero-order valence-electron chi connectivity index (χ0n) is 24.1. The van der Waals surface area contributed by atoms with E-state index in [0.29, 0.717) is 11.1 Å². The van der Waals surface area contributed by atoms with Crippen molar-refractivity contribution in [2.24, 2.45) is 11.3 Å². The Kier molecular flexibility index (Phi) is 8.46. The van der Waals surface area contributed by atoms with Gasteiger partial charge in [0.2, 0.25) is 0 Å². The summed E-state index contributed by atoms with van der Waals surface area (Å²) >= 11 is 0. The number of rotatable bonds is 8. The molecule has 1 aliphatic rings. The molecule has 3 atom stereocenters. The Morgan fingerprint density at radius 1 is 1.07 bits per heavy atom. The topological polar surface area (TPSA) is 48.4 Å². The van der Waals surface area contributed by atoms with Crippen molar-refractivity contribution < 1.29 is 27.4 Å². The van der Waals surface area contributed by atoms with Gasteiger partial charge in [0.15, 0.2) is 0 Å². The number of aldehydes is 1. The fraction of sp³-hybridized carbons (Fsp3) is 0.455. The Hall–Kier alpha value is -3.19. The summed E-state index contributed by atoms with van der Waals surface area (Å²) in [5.41, 5.74) is 3.67. The van der Waals surface area contributed by atoms with Gasteiger partial charge in [-0.15, -0.1) is 0 Å². The molecule has 214 valence electrons. The monoisotopic (exact) mass is 553 g/mol. The first-order valence-electron chi connectivity index (χ1n) is 13.7. The lowest BCUT2D eigenvalue weighted by Crippen LogP contribution is -2.35. The molecular formula is C33H38F3NO3. The van der Waals surface area contributed by atoms with E-state index in [1.54, 1.807) is 13.2 Å². The number of alkyl halides is 3. The minimum atomic E-state index is -4.54. The second-order valence-electron chi connectivity index (χ2n) is 12.1. The lowest BCUT2D eigenvalue weighted by molar-refractivity contribution is -0.141. The van der Waals surface area contributed by atoms with Crippen LogP contribution in [-0.4, -0.2) is 18.4 Å². The molecule has 7 heteroatoms. The van der Waals surface area contributed by atoms with E-state index in [4.69, 9.17) is 9.47 Å². The number of aromatic nitrogens is 1. The van der Waals surface area contributed by atoms with Crippen molar-refractivity contribution in [3.8, 4) is 16.9 Å². The average molecular weight is 554 g/mol. The third-order valence-corrected chi connectivity index (χ3v) is 8.24. The van der Waals surface area contributed by atoms with E-state index in [-0.39, 0.29) is 29.5 Å². The van der Waals surface area contributed by atoms with Crippen LogP contribution >= 0.6 is 0 Å². The van der Waals surface area contributed by atoms with Crippen LogP contribution in [0.3, 0.4) is 0 Å². The highest BCUT2D eigenvalue weighted by Gasteiger charge is 2.37. The van der Waals surface area contributed by atoms with Gasteiger partial charge < -0.3 is 14.3 Å². The Labute approximate surface area is 234 Å². The van der Waals surface area contributed by atoms with Gasteiger partial charge in [-0.1, -0.05) is 52.8 Å². The van der Waals surface area contributed by atoms with Crippen molar-refractivity contribution >= 4 is 6.29 Å². The van der Waals surface area contributed by atoms with Crippen LogP contribution in [-0.2, 0) is 34.2 Å². The van der Waals surface area contributed by atoms with Crippen molar-refractivity contribution in [2.45, 2.75) is 78.2 Å². The van der Waals surface area contributed by atoms with Gasteiger partial charge in [0, 0.05) is 24.6 Å². The maximum absolute atomic E-state index is 13.4. The van der Waals surface area contributed by atoms with Crippen LogP contribution in [0.4, 0.5) is 13.2 Å². The van der Waals surface area contributed by atoms with Crippen molar-refractivity contribution in [3.63, 3.8) is 0 Å². The maximum atomic E-state index is 13.4. The highest BCUT2D eigenvalue weighted by atomic mass is 19.4. The van der Waals surface area contributed by atoms with Crippen molar-refractivity contribution in [3.05, 3.63) is 82.7 Å². The predicted molar refractivity (Wildman–Crippen MR) is 150 cm³/mol. The quantitative estimate of drug-likeness (QED) is 0.262. The lowest BCUT2D eigenvalue weighted by Gasteiger charge is -2.39. The van der Waals surface area contributed by atoms with Gasteiger partial charge in [-0.25, -0.2) is 0 Å². The summed E-state index contributed by atoms with van der Waals surface area (Å²) in [7, 11) is 1.61. The minimum absolute atomic E-state index is 0.105. The number of ether oxygens (including phenoxy) is 2. The van der Waals surface area contributed by atoms with E-state index < -0.39 is 11.9 Å². The molecule has 1 aliphatic carbocycles. The summed E-state index contributed by atoms with van der Waals surface area (Å²) in [4.78, 5) is 15.2. The average Bonchev–Trinajstić information content (AvgIpc) is 2.91. The van der Waals surface area contributed by atoms with Crippen molar-refractivity contribution in [1.29, 1.82) is 0 Å². The number of pyridine rings is 1. The fourth-order valence-electron chi connectivity index (χ4n) is 5.85. The van der Waals surface area contributed by atoms with Crippen LogP contribution in [0.1, 0.15) is 81.5 Å². The molecule has 0 fully saturated rings. The van der Waals surface area contributed by atoms with Crippen LogP contribution in [0, 0.1) is 11.3 Å². The Morgan fingerprint density at radius 2 is 1.82 bits per heavy atom. The first kappa shape index (κ1) is 29.8. The summed E-state index contributed by atoms with van der Waals surface area (Å²) < 4.78 is 52.4. The number of carbonyl (C=O) groups is 1. The number of hydrogen-bond acceptors (Lipinski definition) is 4. The lowest BCUT2D eigenvalue weighted by atomic mass is 9.65. The molecule has 1 aromatic heterocycles. The van der Waals surface area contributed by atoms with Gasteiger partial charge in [0.05, 0.1) is 6.10 Å². The van der Waals surface area contributed by atoms with Gasteiger partial charge in [0.25, 0.3) is 0 Å². The molecule has 0 radical (unpaired) electrons. The first-order valence-corrected chi connectivity index (χ1v) is 13.7. The highest BCUT2D eigenvalue weighted by Crippen LogP contribution is 2.44. The third-order valence-electron chi connectivity index (χ3n) is 8.24. The van der Waals surface area contributed by atoms with Gasteiger partial charge in [-0.3, -0.25) is 4.98 Å². The summed E-state index contributed by atoms with van der Waals surface area (Å²) in [6.45, 7) is 10.5. The van der Waals surface area contributed by atoms with E-state index in [2.05, 4.69) is 24.0 Å². The standard InChI is InChI=1S/C33H38F3NO3/c1-21(19-38)32(5)14-7-8-23-10-11-25(18-28(23)32)40-20-22-9-12-26(27(16-22)30(39-6)31(2,3)4)24-13-15-37-29(17-24)33(34,35)36/h9-13,15-19,21,30H,7-8,14,20H2,1-6H3/t21?,30-,32-/m0/s1. The SMILES string of the molecule is CO[C@@H](c1cc(COc2ccc3c(c2)[C@](C)(C(C)C=O)CCC3)ccc1-c1ccnc(C(F)(F)F)c1)C(C)(C)C. The normalized spacial score (nSPS) is 19.0. The second-order valence-corrected chi connectivity index (χ2v) is 12.1. The molecule has 40 heavy (non-hydrogen) atoms. The molecular weight excluding hydrogens is 515 g/mol. The summed E-state index contributed by atoms with van der Waals surface area (Å²) in [5, 5.41) is 0. The van der Waals surface area contributed by atoms with Gasteiger partial charge in [-0.2, -0.15) is 13.2 Å². The van der Waals surface area contributed by atoms with Gasteiger partial charge in [0.1, 0.15) is 24.3 Å². The summed E-state index contributed by atoms with van der Waals surface area (Å²) in [6.07, 6.45) is 0.291. The van der Waals surface area contributed by atoms with Gasteiger partial charge in [-0.05, 0) is 88.4 Å². The van der Waals surface area contributed by atoms with E-state index in [9.17, 15) is 18.0 Å². The number of carbonyl (C=O) groups excluding carboxylic acids is 1. The smallest absolute Gasteiger partial charge is 0.433 e. The summed E-state index contributed by atoms with van der Waals surface area (Å²) in [5.74, 6) is 0.616. The van der Waals surface area contributed by atoms with Crippen LogP contribution in [0.25, 0.3) is 11.1 Å². The largest absolute Gasteiger partial charge is 0.489 e. The Morgan fingerprint density at radius 3 is 2.48 bits per heavy atom. The number of aryl methyl sites for hydroxylation is 1. The number of fused-ring (bicyclic) bond motifs is 1. The Balaban J connectivity index is 1.68. The van der Waals surface area contributed by atoms with E-state index in [1.165, 1.54) is 11.8 Å². The molecule has 0 bridgehead atoms. The third kappa shape index (κ3) is 6.09. The maximum Gasteiger partial charge on any atom is 0.433 e. The number of nitrogens with zero attached hydrogens (tertiary/aromatic N) is 1. The molecule has 0 amide bonds. The molecule has 0 N–H and O–H groups in total. The first-order chi connectivity index (χ1) is 18.8. The van der Waals surface area contributed by atoms with Crippen LogP contribution in [0.15, 0.2) is 54.7 Å². The molecule has 4 rings (SSSR count). The van der Waals surface area contributed by atoms with Crippen LogP contribution < -0.4 is 4.74 Å². The molecule has 0 saturated heterocycles. The molecule has 4 nitrogen and oxygen atoms in total. The van der Waals surface area contributed by atoms with Crippen LogP contribution in [0.2, 0.25) is 0 Å². The zero-order chi connectivity index (χ0) is 29.3. The van der Waals surface area contributed by atoms with E-state index >= 15 is 0 Å². The molecule has 3 aromatic rings. The van der Waals surface area contributed by atoms with E-state index in [0.717, 1.165) is 54.1 Å². The zero-order valence-corrected chi connectivity index (χ0v) is 24.1. The molecule has 1 unspecified atom stereocenters. The molecule has 0 saturated carbocycles. The highest BCUT2D eigenvalue weighted by molar-refractivity contribution is 5.69. The number of methoxy groups -OCH3 is 1. The van der Waals surface area contributed by atoms with Crippen molar-refractivity contribution in [1.82, 2.24) is 4.98 Å². The number of benzene rings is 2. The summed E-state index contributed by atoms with van der Waals surface area (Å²) in [6, 6.07) is 14.4. The van der Waals surface area contributed by atoms with Crippen LogP contribution in [0.5, 0.6) is 5.75 Å². The molecule has 2 aromatic carbocycles. The molecule has 0 aliphatic heterocycles. The second kappa shape index (κ2) is 11.4. The fourth-order valence-corrected chi connectivity index (χ4v) is 5.85. The minimum Gasteiger partial charge on any atom is -0.489 e. The van der Waals surface area contributed by atoms with Gasteiger partial charge >= 0.3 is 6.18 Å². The van der Waals surface area contributed by atoms with E-state index in [1.807, 2.05) is 52.0 Å². The molecule has 0 spiro atoms. The molecule has 1 heterocycles.